The largest absolute Gasteiger partial charge is 0.309 e. The number of halogens is 3. The van der Waals surface area contributed by atoms with Gasteiger partial charge in [-0.3, -0.25) is 0 Å². The van der Waals surface area contributed by atoms with Crippen LogP contribution in [0.1, 0.15) is 11.1 Å². The van der Waals surface area contributed by atoms with E-state index in [1.165, 1.54) is 11.1 Å². The van der Waals surface area contributed by atoms with Gasteiger partial charge >= 0.3 is 0 Å². The van der Waals surface area contributed by atoms with E-state index in [9.17, 15) is 0 Å². The van der Waals surface area contributed by atoms with Gasteiger partial charge in [-0.25, -0.2) is 0 Å². The molecule has 0 fully saturated rings. The summed E-state index contributed by atoms with van der Waals surface area (Å²) < 4.78 is 0. The number of anilines is 6. The van der Waals surface area contributed by atoms with Crippen LogP contribution in [0.5, 0.6) is 0 Å². The quantitative estimate of drug-likeness (QED) is 0.156. The molecule has 0 saturated heterocycles. The molecule has 240 valence electrons. The number of hydrogen-bond acceptors (Lipinski definition) is 2. The SMILES string of the molecule is Cc1cccc(N(c2ccccc2)c2ccc(-c3ccc(-c4ccc(N(c5ccccc5)c5cccc(C)c5)c(Cl)c4)c(Cl)c3)cc2Cl)c1. The first-order valence-electron chi connectivity index (χ1n) is 16.1. The minimum Gasteiger partial charge on any atom is -0.309 e. The van der Waals surface area contributed by atoms with Gasteiger partial charge in [0, 0.05) is 33.3 Å². The third kappa shape index (κ3) is 6.95. The third-order valence-corrected chi connectivity index (χ3v) is 9.46. The van der Waals surface area contributed by atoms with E-state index in [2.05, 4.69) is 127 Å². The highest BCUT2D eigenvalue weighted by molar-refractivity contribution is 6.35. The standard InChI is InChI=1S/C44H33Cl3N2/c1-30-11-9-17-37(25-30)48(35-13-5-3-6-14-35)43-23-20-33(28-41(43)46)32-19-22-39(40(45)27-32)34-21-24-44(42(47)29-34)49(36-15-7-4-8-16-36)38-18-10-12-31(2)26-38/h3-29H,1-2H3. The monoisotopic (exact) mass is 694 g/mol. The zero-order valence-corrected chi connectivity index (χ0v) is 29.4. The molecule has 0 aromatic heterocycles. The van der Waals surface area contributed by atoms with Gasteiger partial charge in [0.05, 0.1) is 21.4 Å². The molecule has 0 atom stereocenters. The number of rotatable bonds is 8. The van der Waals surface area contributed by atoms with Crippen molar-refractivity contribution in [2.75, 3.05) is 9.80 Å². The molecular formula is C44H33Cl3N2. The van der Waals surface area contributed by atoms with Crippen LogP contribution in [0, 0.1) is 13.8 Å². The summed E-state index contributed by atoms with van der Waals surface area (Å²) >= 11 is 21.1. The fourth-order valence-electron chi connectivity index (χ4n) is 6.20. The normalized spacial score (nSPS) is 11.0. The smallest absolute Gasteiger partial charge is 0.0652 e. The predicted molar refractivity (Wildman–Crippen MR) is 211 cm³/mol. The Hall–Kier alpha value is -4.99. The number of aryl methyl sites for hydroxylation is 2. The van der Waals surface area contributed by atoms with E-state index < -0.39 is 0 Å². The van der Waals surface area contributed by atoms with Crippen molar-refractivity contribution in [2.24, 2.45) is 0 Å². The Morgan fingerprint density at radius 1 is 0.347 bits per heavy atom. The van der Waals surface area contributed by atoms with E-state index in [1.54, 1.807) is 0 Å². The maximum Gasteiger partial charge on any atom is 0.0652 e. The Kier molecular flexibility index (Phi) is 9.46. The highest BCUT2D eigenvalue weighted by Crippen LogP contribution is 2.43. The summed E-state index contributed by atoms with van der Waals surface area (Å²) in [4.78, 5) is 4.36. The number of para-hydroxylation sites is 2. The van der Waals surface area contributed by atoms with Gasteiger partial charge in [-0.15, -0.1) is 0 Å². The Bertz CT molecular complexity index is 2250. The molecule has 0 aliphatic heterocycles. The molecule has 0 N–H and O–H groups in total. The molecule has 0 bridgehead atoms. The number of hydrogen-bond donors (Lipinski definition) is 0. The van der Waals surface area contributed by atoms with E-state index in [-0.39, 0.29) is 0 Å². The first-order chi connectivity index (χ1) is 23.9. The van der Waals surface area contributed by atoms with Crippen molar-refractivity contribution in [1.82, 2.24) is 0 Å². The van der Waals surface area contributed by atoms with E-state index in [1.807, 2.05) is 60.7 Å². The average Bonchev–Trinajstić information content (AvgIpc) is 3.11. The van der Waals surface area contributed by atoms with Gasteiger partial charge in [0.1, 0.15) is 0 Å². The van der Waals surface area contributed by atoms with E-state index in [4.69, 9.17) is 34.8 Å². The van der Waals surface area contributed by atoms with Crippen molar-refractivity contribution in [1.29, 1.82) is 0 Å². The zero-order chi connectivity index (χ0) is 33.9. The lowest BCUT2D eigenvalue weighted by atomic mass is 9.99. The van der Waals surface area contributed by atoms with Crippen LogP contribution in [0.15, 0.2) is 164 Å². The van der Waals surface area contributed by atoms with Crippen LogP contribution in [-0.4, -0.2) is 0 Å². The van der Waals surface area contributed by atoms with Gasteiger partial charge in [0.15, 0.2) is 0 Å². The maximum atomic E-state index is 7.04. The summed E-state index contributed by atoms with van der Waals surface area (Å²) in [5, 5.41) is 1.90. The van der Waals surface area contributed by atoms with Gasteiger partial charge in [0.2, 0.25) is 0 Å². The van der Waals surface area contributed by atoms with Crippen LogP contribution < -0.4 is 9.80 Å². The summed E-state index contributed by atoms with van der Waals surface area (Å²) in [6, 6.07) is 55.7. The van der Waals surface area contributed by atoms with Crippen molar-refractivity contribution >= 4 is 68.9 Å². The molecule has 0 saturated carbocycles. The van der Waals surface area contributed by atoms with Crippen molar-refractivity contribution in [3.63, 3.8) is 0 Å². The molecule has 2 nitrogen and oxygen atoms in total. The first-order valence-corrected chi connectivity index (χ1v) is 17.2. The molecule has 0 amide bonds. The van der Waals surface area contributed by atoms with Crippen LogP contribution in [-0.2, 0) is 0 Å². The predicted octanol–water partition coefficient (Wildman–Crippen LogP) is 14.5. The van der Waals surface area contributed by atoms with E-state index in [0.717, 1.165) is 56.4 Å². The van der Waals surface area contributed by atoms with Crippen LogP contribution in [0.4, 0.5) is 34.1 Å². The molecule has 0 aliphatic rings. The van der Waals surface area contributed by atoms with Crippen molar-refractivity contribution < 1.29 is 0 Å². The lowest BCUT2D eigenvalue weighted by molar-refractivity contribution is 1.27. The average molecular weight is 696 g/mol. The molecule has 0 spiro atoms. The van der Waals surface area contributed by atoms with Crippen LogP contribution in [0.2, 0.25) is 15.1 Å². The highest BCUT2D eigenvalue weighted by Gasteiger charge is 2.19. The fourth-order valence-corrected chi connectivity index (χ4v) is 7.01. The van der Waals surface area contributed by atoms with E-state index >= 15 is 0 Å². The van der Waals surface area contributed by atoms with Gasteiger partial charge in [-0.2, -0.15) is 0 Å². The topological polar surface area (TPSA) is 6.48 Å². The van der Waals surface area contributed by atoms with E-state index in [0.29, 0.717) is 15.1 Å². The van der Waals surface area contributed by atoms with Gasteiger partial charge in [0.25, 0.3) is 0 Å². The summed E-state index contributed by atoms with van der Waals surface area (Å²) in [5.74, 6) is 0. The Labute approximate surface area is 303 Å². The zero-order valence-electron chi connectivity index (χ0n) is 27.1. The number of benzene rings is 7. The minimum atomic E-state index is 0.627. The molecule has 5 heteroatoms. The molecular weight excluding hydrogens is 663 g/mol. The highest BCUT2D eigenvalue weighted by atomic mass is 35.5. The Morgan fingerprint density at radius 3 is 1.20 bits per heavy atom. The van der Waals surface area contributed by atoms with Crippen LogP contribution >= 0.6 is 34.8 Å². The summed E-state index contributed by atoms with van der Waals surface area (Å²) in [6.07, 6.45) is 0. The Morgan fingerprint density at radius 2 is 0.755 bits per heavy atom. The van der Waals surface area contributed by atoms with Gasteiger partial charge < -0.3 is 9.80 Å². The summed E-state index contributed by atoms with van der Waals surface area (Å²) in [7, 11) is 0. The molecule has 7 aromatic rings. The molecule has 7 rings (SSSR count). The van der Waals surface area contributed by atoms with Crippen molar-refractivity contribution in [2.45, 2.75) is 13.8 Å². The minimum absolute atomic E-state index is 0.627. The second-order valence-electron chi connectivity index (χ2n) is 12.0. The van der Waals surface area contributed by atoms with Crippen LogP contribution in [0.25, 0.3) is 22.3 Å². The maximum absolute atomic E-state index is 7.04. The second kappa shape index (κ2) is 14.2. The summed E-state index contributed by atoms with van der Waals surface area (Å²) in [6.45, 7) is 4.19. The first kappa shape index (κ1) is 32.6. The Balaban J connectivity index is 1.20. The summed E-state index contributed by atoms with van der Waals surface area (Å²) in [5.41, 5.74) is 12.1. The molecule has 0 unspecified atom stereocenters. The lowest BCUT2D eigenvalue weighted by Gasteiger charge is -2.27. The molecule has 49 heavy (non-hydrogen) atoms. The van der Waals surface area contributed by atoms with Crippen LogP contribution in [0.3, 0.4) is 0 Å². The molecule has 7 aromatic carbocycles. The molecule has 0 heterocycles. The van der Waals surface area contributed by atoms with Gasteiger partial charge in [-0.05, 0) is 121 Å². The third-order valence-electron chi connectivity index (χ3n) is 8.54. The molecule has 0 aliphatic carbocycles. The lowest BCUT2D eigenvalue weighted by Crippen LogP contribution is -2.10. The number of nitrogens with zero attached hydrogens (tertiary/aromatic N) is 2. The van der Waals surface area contributed by atoms with Crippen molar-refractivity contribution in [3.05, 3.63) is 190 Å². The fraction of sp³-hybridized carbons (Fsp3) is 0.0455. The second-order valence-corrected chi connectivity index (χ2v) is 13.3. The van der Waals surface area contributed by atoms with Crippen molar-refractivity contribution in [3.8, 4) is 22.3 Å². The van der Waals surface area contributed by atoms with Gasteiger partial charge in [-0.1, -0.05) is 120 Å². The molecule has 0 radical (unpaired) electrons.